The molecule has 25 heavy (non-hydrogen) atoms. The van der Waals surface area contributed by atoms with Crippen molar-refractivity contribution in [1.82, 2.24) is 19.8 Å². The number of nitrogens with zero attached hydrogens (tertiary/aromatic N) is 4. The van der Waals surface area contributed by atoms with E-state index in [0.29, 0.717) is 22.2 Å². The van der Waals surface area contributed by atoms with Crippen LogP contribution in [0.25, 0.3) is 5.00 Å². The summed E-state index contributed by atoms with van der Waals surface area (Å²) in [4.78, 5) is 24.5. The minimum Gasteiger partial charge on any atom is -0.497 e. The fourth-order valence-corrected chi connectivity index (χ4v) is 2.80. The molecule has 0 unspecified atom stereocenters. The first-order chi connectivity index (χ1) is 12.1. The SMILES string of the molecule is COc1ccc(NC(=O)Cn2nnn(-c3cccs3)c2=O)c(OC)c1. The van der Waals surface area contributed by atoms with Crippen LogP contribution < -0.4 is 20.5 Å². The molecule has 2 heterocycles. The van der Waals surface area contributed by atoms with E-state index in [1.54, 1.807) is 30.3 Å². The molecule has 0 aliphatic heterocycles. The number of hydrogen-bond acceptors (Lipinski definition) is 7. The molecule has 9 nitrogen and oxygen atoms in total. The maximum atomic E-state index is 12.2. The summed E-state index contributed by atoms with van der Waals surface area (Å²) >= 11 is 1.35. The molecule has 0 aliphatic carbocycles. The lowest BCUT2D eigenvalue weighted by molar-refractivity contribution is -0.117. The van der Waals surface area contributed by atoms with Crippen molar-refractivity contribution in [2.75, 3.05) is 19.5 Å². The molecule has 1 aromatic carbocycles. The molecule has 3 rings (SSSR count). The lowest BCUT2D eigenvalue weighted by Gasteiger charge is -2.11. The van der Waals surface area contributed by atoms with Gasteiger partial charge in [0.2, 0.25) is 5.91 Å². The van der Waals surface area contributed by atoms with Gasteiger partial charge in [0.05, 0.1) is 19.9 Å². The lowest BCUT2D eigenvalue weighted by atomic mass is 10.2. The smallest absolute Gasteiger partial charge is 0.369 e. The number of benzene rings is 1. The number of thiophene rings is 1. The molecule has 0 bridgehead atoms. The number of carbonyl (C=O) groups excluding carboxylic acids is 1. The molecule has 3 aromatic rings. The second-order valence-electron chi connectivity index (χ2n) is 4.90. The number of amides is 1. The summed E-state index contributed by atoms with van der Waals surface area (Å²) in [7, 11) is 3.03. The highest BCUT2D eigenvalue weighted by Crippen LogP contribution is 2.28. The number of aromatic nitrogens is 4. The van der Waals surface area contributed by atoms with E-state index in [1.165, 1.54) is 25.6 Å². The molecule has 130 valence electrons. The second-order valence-corrected chi connectivity index (χ2v) is 5.82. The first-order valence-corrected chi connectivity index (χ1v) is 8.09. The molecule has 1 amide bonds. The topological polar surface area (TPSA) is 100 Å². The summed E-state index contributed by atoms with van der Waals surface area (Å²) in [5, 5.41) is 12.7. The van der Waals surface area contributed by atoms with E-state index in [4.69, 9.17) is 9.47 Å². The predicted molar refractivity (Wildman–Crippen MR) is 91.7 cm³/mol. The first-order valence-electron chi connectivity index (χ1n) is 7.21. The highest BCUT2D eigenvalue weighted by molar-refractivity contribution is 7.12. The molecule has 0 spiro atoms. The molecular weight excluding hydrogens is 346 g/mol. The fraction of sp³-hybridized carbons (Fsp3) is 0.200. The monoisotopic (exact) mass is 361 g/mol. The minimum absolute atomic E-state index is 0.264. The first kappa shape index (κ1) is 16.7. The van der Waals surface area contributed by atoms with E-state index in [0.717, 1.165) is 9.36 Å². The van der Waals surface area contributed by atoms with E-state index in [-0.39, 0.29) is 6.54 Å². The largest absolute Gasteiger partial charge is 0.497 e. The maximum absolute atomic E-state index is 12.2. The van der Waals surface area contributed by atoms with Gasteiger partial charge in [-0.2, -0.15) is 9.36 Å². The van der Waals surface area contributed by atoms with Gasteiger partial charge < -0.3 is 14.8 Å². The van der Waals surface area contributed by atoms with Crippen LogP contribution in [0.2, 0.25) is 0 Å². The summed E-state index contributed by atoms with van der Waals surface area (Å²) < 4.78 is 12.5. The Morgan fingerprint density at radius 3 is 2.76 bits per heavy atom. The summed E-state index contributed by atoms with van der Waals surface area (Å²) in [5.74, 6) is 0.621. The summed E-state index contributed by atoms with van der Waals surface area (Å²) in [6.45, 7) is -0.264. The van der Waals surface area contributed by atoms with Crippen molar-refractivity contribution >= 4 is 22.9 Å². The normalized spacial score (nSPS) is 10.5. The average molecular weight is 361 g/mol. The number of tetrazole rings is 1. The number of hydrogen-bond donors (Lipinski definition) is 1. The Hall–Kier alpha value is -3.14. The van der Waals surface area contributed by atoms with Crippen molar-refractivity contribution in [3.63, 3.8) is 0 Å². The fourth-order valence-electron chi connectivity index (χ4n) is 2.13. The van der Waals surface area contributed by atoms with Gasteiger partial charge in [-0.15, -0.1) is 11.3 Å². The van der Waals surface area contributed by atoms with E-state index in [9.17, 15) is 9.59 Å². The predicted octanol–water partition coefficient (Wildman–Crippen LogP) is 1.15. The third-order valence-electron chi connectivity index (χ3n) is 3.33. The Morgan fingerprint density at radius 2 is 2.08 bits per heavy atom. The van der Waals surface area contributed by atoms with E-state index in [1.807, 2.05) is 5.38 Å². The lowest BCUT2D eigenvalue weighted by Crippen LogP contribution is -2.29. The zero-order valence-electron chi connectivity index (χ0n) is 13.5. The number of methoxy groups -OCH3 is 2. The van der Waals surface area contributed by atoms with E-state index < -0.39 is 11.6 Å². The van der Waals surface area contributed by atoms with Crippen LogP contribution in [-0.4, -0.2) is 39.9 Å². The molecule has 0 radical (unpaired) electrons. The van der Waals surface area contributed by atoms with Crippen LogP contribution in [0.4, 0.5) is 5.69 Å². The average Bonchev–Trinajstić information content (AvgIpc) is 3.26. The molecular formula is C15H15N5O4S. The zero-order valence-corrected chi connectivity index (χ0v) is 14.3. The summed E-state index contributed by atoms with van der Waals surface area (Å²) in [6.07, 6.45) is 0. The van der Waals surface area contributed by atoms with Gasteiger partial charge in [-0.05, 0) is 40.1 Å². The molecule has 0 saturated carbocycles. The van der Waals surface area contributed by atoms with Gasteiger partial charge in [-0.1, -0.05) is 0 Å². The van der Waals surface area contributed by atoms with E-state index >= 15 is 0 Å². The Kier molecular flexibility index (Phi) is 4.80. The Balaban J connectivity index is 1.75. The number of nitrogens with one attached hydrogen (secondary N) is 1. The van der Waals surface area contributed by atoms with Crippen molar-refractivity contribution in [3.05, 3.63) is 46.2 Å². The molecule has 0 aliphatic rings. The van der Waals surface area contributed by atoms with Crippen LogP contribution in [0, 0.1) is 0 Å². The maximum Gasteiger partial charge on any atom is 0.369 e. The molecule has 0 atom stereocenters. The van der Waals surface area contributed by atoms with Gasteiger partial charge >= 0.3 is 5.69 Å². The van der Waals surface area contributed by atoms with Crippen molar-refractivity contribution in [2.45, 2.75) is 6.54 Å². The van der Waals surface area contributed by atoms with Crippen LogP contribution >= 0.6 is 11.3 Å². The van der Waals surface area contributed by atoms with Crippen LogP contribution in [0.15, 0.2) is 40.5 Å². The molecule has 0 fully saturated rings. The number of ether oxygens (including phenoxy) is 2. The standard InChI is InChI=1S/C15H15N5O4S/c1-23-10-5-6-11(12(8-10)24-2)16-13(21)9-19-15(22)20(18-17-19)14-4-3-7-25-14/h3-8H,9H2,1-2H3,(H,16,21). The molecule has 1 N–H and O–H groups in total. The summed E-state index contributed by atoms with van der Waals surface area (Å²) in [6, 6.07) is 8.54. The molecule has 0 saturated heterocycles. The molecule has 2 aromatic heterocycles. The van der Waals surface area contributed by atoms with Crippen molar-refractivity contribution in [2.24, 2.45) is 0 Å². The van der Waals surface area contributed by atoms with Crippen LogP contribution in [0.3, 0.4) is 0 Å². The Labute approximate surface area is 146 Å². The number of anilines is 1. The van der Waals surface area contributed by atoms with Gasteiger partial charge in [0.25, 0.3) is 0 Å². The Bertz CT molecular complexity index is 932. The van der Waals surface area contributed by atoms with Gasteiger partial charge in [-0.25, -0.2) is 4.79 Å². The Morgan fingerprint density at radius 1 is 1.24 bits per heavy atom. The highest BCUT2D eigenvalue weighted by atomic mass is 32.1. The van der Waals surface area contributed by atoms with Crippen LogP contribution in [0.5, 0.6) is 11.5 Å². The van der Waals surface area contributed by atoms with Gasteiger partial charge in [0.1, 0.15) is 23.0 Å². The van der Waals surface area contributed by atoms with Crippen molar-refractivity contribution in [1.29, 1.82) is 0 Å². The van der Waals surface area contributed by atoms with Crippen molar-refractivity contribution < 1.29 is 14.3 Å². The zero-order chi connectivity index (χ0) is 17.8. The summed E-state index contributed by atoms with van der Waals surface area (Å²) in [5.41, 5.74) is -0.0220. The minimum atomic E-state index is -0.487. The third kappa shape index (κ3) is 3.53. The quantitative estimate of drug-likeness (QED) is 0.707. The molecule has 10 heteroatoms. The number of rotatable bonds is 6. The van der Waals surface area contributed by atoms with Crippen LogP contribution in [-0.2, 0) is 11.3 Å². The highest BCUT2D eigenvalue weighted by Gasteiger charge is 2.14. The van der Waals surface area contributed by atoms with E-state index in [2.05, 4.69) is 15.7 Å². The third-order valence-corrected chi connectivity index (χ3v) is 4.17. The number of carbonyl (C=O) groups is 1. The van der Waals surface area contributed by atoms with Gasteiger partial charge in [0, 0.05) is 6.07 Å². The van der Waals surface area contributed by atoms with Gasteiger partial charge in [0.15, 0.2) is 0 Å². The van der Waals surface area contributed by atoms with Crippen LogP contribution in [0.1, 0.15) is 0 Å². The van der Waals surface area contributed by atoms with Crippen molar-refractivity contribution in [3.8, 4) is 16.5 Å². The second kappa shape index (κ2) is 7.18. The van der Waals surface area contributed by atoms with Gasteiger partial charge in [-0.3, -0.25) is 4.79 Å².